The van der Waals surface area contributed by atoms with E-state index in [0.717, 1.165) is 0 Å². The molecule has 2 amide bonds. The Bertz CT molecular complexity index is 590. The summed E-state index contributed by atoms with van der Waals surface area (Å²) in [5, 5.41) is 35.5. The highest BCUT2D eigenvalue weighted by atomic mass is 79.9. The molecule has 0 radical (unpaired) electrons. The number of ether oxygens (including phenoxy) is 3. The first-order chi connectivity index (χ1) is 14.3. The Hall–Kier alpha value is -0.820. The molecule has 0 spiro atoms. The standard InChI is InChI=1S/C20H37BrN2O8/c1-12(25)23-15-17(28)16(27)13(11-24)30-18(15)31-20(4,5)7-9-29-19(2,3)6-8-22-14(26)10-21/h13,15-18,24,27-28H,6-11H2,1-5H3,(H,22,26)(H,23,25). The maximum Gasteiger partial charge on any atom is 0.230 e. The lowest BCUT2D eigenvalue weighted by Gasteiger charge is -2.44. The number of halogens is 1. The molecule has 0 aromatic carbocycles. The topological polar surface area (TPSA) is 147 Å². The fourth-order valence-corrected chi connectivity index (χ4v) is 3.34. The van der Waals surface area contributed by atoms with Gasteiger partial charge in [0.15, 0.2) is 6.29 Å². The Morgan fingerprint density at radius 1 is 1.10 bits per heavy atom. The fraction of sp³-hybridized carbons (Fsp3) is 0.900. The number of hydrogen-bond acceptors (Lipinski definition) is 8. The normalized spacial score (nSPS) is 27.1. The van der Waals surface area contributed by atoms with E-state index in [0.29, 0.717) is 26.0 Å². The summed E-state index contributed by atoms with van der Waals surface area (Å²) < 4.78 is 17.6. The van der Waals surface area contributed by atoms with Crippen LogP contribution in [0.4, 0.5) is 0 Å². The van der Waals surface area contributed by atoms with Gasteiger partial charge in [0, 0.05) is 13.5 Å². The molecular formula is C20H37BrN2O8. The fourth-order valence-electron chi connectivity index (χ4n) is 3.14. The molecule has 1 saturated heterocycles. The van der Waals surface area contributed by atoms with E-state index < -0.39 is 54.4 Å². The summed E-state index contributed by atoms with van der Waals surface area (Å²) in [6.45, 7) is 9.14. The van der Waals surface area contributed by atoms with Crippen LogP contribution in [0.15, 0.2) is 0 Å². The molecular weight excluding hydrogens is 476 g/mol. The van der Waals surface area contributed by atoms with E-state index in [4.69, 9.17) is 14.2 Å². The van der Waals surface area contributed by atoms with Crippen molar-refractivity contribution in [1.29, 1.82) is 0 Å². The smallest absolute Gasteiger partial charge is 0.230 e. The minimum Gasteiger partial charge on any atom is -0.394 e. The van der Waals surface area contributed by atoms with Gasteiger partial charge in [-0.1, -0.05) is 15.9 Å². The van der Waals surface area contributed by atoms with Crippen LogP contribution in [0.25, 0.3) is 0 Å². The van der Waals surface area contributed by atoms with Crippen molar-refractivity contribution in [2.75, 3.05) is 25.1 Å². The van der Waals surface area contributed by atoms with Crippen LogP contribution in [0.1, 0.15) is 47.5 Å². The molecule has 1 fully saturated rings. The second-order valence-corrected chi connectivity index (χ2v) is 9.46. The van der Waals surface area contributed by atoms with Crippen molar-refractivity contribution in [3.8, 4) is 0 Å². The minimum atomic E-state index is -1.36. The molecule has 1 aliphatic rings. The maximum absolute atomic E-state index is 11.5. The van der Waals surface area contributed by atoms with Crippen molar-refractivity contribution in [3.63, 3.8) is 0 Å². The zero-order valence-electron chi connectivity index (χ0n) is 18.9. The Balaban J connectivity index is 2.64. The van der Waals surface area contributed by atoms with Crippen LogP contribution in [0, 0.1) is 0 Å². The summed E-state index contributed by atoms with van der Waals surface area (Å²) in [6, 6.07) is -0.995. The molecule has 1 rings (SSSR count). The molecule has 10 nitrogen and oxygen atoms in total. The Kier molecular flexibility index (Phi) is 11.3. The number of alkyl halides is 1. The highest BCUT2D eigenvalue weighted by molar-refractivity contribution is 9.09. The molecule has 0 bridgehead atoms. The van der Waals surface area contributed by atoms with E-state index in [1.54, 1.807) is 0 Å². The van der Waals surface area contributed by atoms with Crippen molar-refractivity contribution in [1.82, 2.24) is 10.6 Å². The van der Waals surface area contributed by atoms with Crippen LogP contribution in [0.5, 0.6) is 0 Å². The highest BCUT2D eigenvalue weighted by Gasteiger charge is 2.46. The lowest BCUT2D eigenvalue weighted by Crippen LogP contribution is -2.65. The van der Waals surface area contributed by atoms with E-state index in [1.165, 1.54) is 6.92 Å². The Morgan fingerprint density at radius 3 is 2.29 bits per heavy atom. The van der Waals surface area contributed by atoms with Crippen LogP contribution in [0.3, 0.4) is 0 Å². The molecule has 0 saturated carbocycles. The molecule has 5 unspecified atom stereocenters. The summed E-state index contributed by atoms with van der Waals surface area (Å²) >= 11 is 3.10. The van der Waals surface area contributed by atoms with Gasteiger partial charge in [0.1, 0.15) is 24.4 Å². The van der Waals surface area contributed by atoms with E-state index in [2.05, 4.69) is 26.6 Å². The number of aliphatic hydroxyl groups is 3. The molecule has 5 N–H and O–H groups in total. The lowest BCUT2D eigenvalue weighted by molar-refractivity contribution is -0.297. The van der Waals surface area contributed by atoms with Crippen LogP contribution < -0.4 is 10.6 Å². The predicted octanol–water partition coefficient (Wildman–Crippen LogP) is -0.188. The van der Waals surface area contributed by atoms with E-state index in [9.17, 15) is 24.9 Å². The average Bonchev–Trinajstić information content (AvgIpc) is 2.66. The highest BCUT2D eigenvalue weighted by Crippen LogP contribution is 2.28. The van der Waals surface area contributed by atoms with Crippen LogP contribution >= 0.6 is 15.9 Å². The third-order valence-corrected chi connectivity index (χ3v) is 5.56. The van der Waals surface area contributed by atoms with Gasteiger partial charge in [-0.15, -0.1) is 0 Å². The zero-order valence-corrected chi connectivity index (χ0v) is 20.5. The first-order valence-electron chi connectivity index (χ1n) is 10.4. The molecule has 0 aromatic rings. The SMILES string of the molecule is CC(=O)NC1C(OC(C)(C)CCOC(C)(C)CCNC(=O)CBr)OC(CO)C(O)C1O. The number of carbonyl (C=O) groups excluding carboxylic acids is 2. The molecule has 31 heavy (non-hydrogen) atoms. The van der Waals surface area contributed by atoms with Crippen molar-refractivity contribution < 1.29 is 39.1 Å². The molecule has 1 aliphatic heterocycles. The van der Waals surface area contributed by atoms with Crippen molar-refractivity contribution in [2.45, 2.75) is 89.3 Å². The van der Waals surface area contributed by atoms with Gasteiger partial charge < -0.3 is 40.2 Å². The van der Waals surface area contributed by atoms with Gasteiger partial charge in [-0.25, -0.2) is 0 Å². The summed E-state index contributed by atoms with van der Waals surface area (Å²) in [5.74, 6) is -0.495. The van der Waals surface area contributed by atoms with E-state index in [1.807, 2.05) is 27.7 Å². The minimum absolute atomic E-state index is 0.0833. The third kappa shape index (κ3) is 9.68. The van der Waals surface area contributed by atoms with Crippen LogP contribution in [-0.2, 0) is 23.8 Å². The molecule has 182 valence electrons. The summed E-state index contributed by atoms with van der Waals surface area (Å²) in [5.41, 5.74) is -1.22. The predicted molar refractivity (Wildman–Crippen MR) is 117 cm³/mol. The number of carbonyl (C=O) groups is 2. The van der Waals surface area contributed by atoms with Gasteiger partial charge in [-0.05, 0) is 40.5 Å². The zero-order chi connectivity index (χ0) is 23.8. The molecule has 11 heteroatoms. The van der Waals surface area contributed by atoms with Gasteiger partial charge >= 0.3 is 0 Å². The van der Waals surface area contributed by atoms with E-state index in [-0.39, 0.29) is 11.2 Å². The first kappa shape index (κ1) is 28.2. The van der Waals surface area contributed by atoms with Crippen LogP contribution in [-0.4, -0.2) is 94.1 Å². The Labute approximate surface area is 192 Å². The second-order valence-electron chi connectivity index (χ2n) is 8.90. The van der Waals surface area contributed by atoms with E-state index >= 15 is 0 Å². The summed E-state index contributed by atoms with van der Waals surface area (Å²) in [4.78, 5) is 22.9. The number of amides is 2. The van der Waals surface area contributed by atoms with Gasteiger partial charge in [0.2, 0.25) is 11.8 Å². The lowest BCUT2D eigenvalue weighted by atomic mass is 9.96. The van der Waals surface area contributed by atoms with Crippen molar-refractivity contribution in [3.05, 3.63) is 0 Å². The van der Waals surface area contributed by atoms with Gasteiger partial charge in [0.05, 0.1) is 29.7 Å². The quantitative estimate of drug-likeness (QED) is 0.226. The average molecular weight is 513 g/mol. The molecule has 1 heterocycles. The molecule has 0 aromatic heterocycles. The van der Waals surface area contributed by atoms with Crippen LogP contribution in [0.2, 0.25) is 0 Å². The molecule has 5 atom stereocenters. The van der Waals surface area contributed by atoms with Gasteiger partial charge in [0.25, 0.3) is 0 Å². The number of hydrogen-bond donors (Lipinski definition) is 5. The van der Waals surface area contributed by atoms with Crippen molar-refractivity contribution >= 4 is 27.7 Å². The largest absolute Gasteiger partial charge is 0.394 e. The first-order valence-corrected chi connectivity index (χ1v) is 11.5. The second kappa shape index (κ2) is 12.4. The number of rotatable bonds is 12. The monoisotopic (exact) mass is 512 g/mol. The van der Waals surface area contributed by atoms with Gasteiger partial charge in [-0.3, -0.25) is 9.59 Å². The number of aliphatic hydroxyl groups excluding tert-OH is 3. The maximum atomic E-state index is 11.5. The third-order valence-electron chi connectivity index (χ3n) is 5.05. The number of nitrogens with one attached hydrogen (secondary N) is 2. The molecule has 0 aliphatic carbocycles. The summed E-state index contributed by atoms with van der Waals surface area (Å²) in [6.07, 6.45) is -3.72. The van der Waals surface area contributed by atoms with Crippen molar-refractivity contribution in [2.24, 2.45) is 0 Å². The Morgan fingerprint density at radius 2 is 1.74 bits per heavy atom. The summed E-state index contributed by atoms with van der Waals surface area (Å²) in [7, 11) is 0. The van der Waals surface area contributed by atoms with Gasteiger partial charge in [-0.2, -0.15) is 0 Å².